The summed E-state index contributed by atoms with van der Waals surface area (Å²) in [5, 5.41) is 0. The van der Waals surface area contributed by atoms with Crippen molar-refractivity contribution in [1.82, 2.24) is 0 Å². The first-order chi connectivity index (χ1) is 16.8. The largest absolute Gasteiger partial charge is 0.492 e. The molecule has 5 nitrogen and oxygen atoms in total. The highest BCUT2D eigenvalue weighted by molar-refractivity contribution is 9.10. The van der Waals surface area contributed by atoms with Gasteiger partial charge < -0.3 is 4.74 Å². The molecule has 7 heteroatoms. The monoisotopic (exact) mass is 593 g/mol. The summed E-state index contributed by atoms with van der Waals surface area (Å²) in [5.41, 5.74) is 4.62. The summed E-state index contributed by atoms with van der Waals surface area (Å²) in [6, 6.07) is 20.8. The number of ether oxygens (including phenoxy) is 1. The number of rotatable bonds is 4. The Kier molecular flexibility index (Phi) is 4.93. The first-order valence-electron chi connectivity index (χ1n) is 11.5. The molecular weight excluding hydrogens is 574 g/mol. The summed E-state index contributed by atoms with van der Waals surface area (Å²) in [4.78, 5) is 41.9. The van der Waals surface area contributed by atoms with Crippen molar-refractivity contribution < 1.29 is 19.1 Å². The Morgan fingerprint density at radius 3 is 1.71 bits per heavy atom. The molecule has 1 aliphatic heterocycles. The van der Waals surface area contributed by atoms with Crippen LogP contribution < -0.4 is 9.64 Å². The quantitative estimate of drug-likeness (QED) is 0.221. The molecule has 7 rings (SSSR count). The Morgan fingerprint density at radius 1 is 0.857 bits per heavy atom. The van der Waals surface area contributed by atoms with Crippen LogP contribution in [0.15, 0.2) is 66.7 Å². The van der Waals surface area contributed by atoms with E-state index < -0.39 is 20.5 Å². The van der Waals surface area contributed by atoms with Crippen LogP contribution >= 0.6 is 31.9 Å². The summed E-state index contributed by atoms with van der Waals surface area (Å²) < 4.78 is 4.06. The van der Waals surface area contributed by atoms with Crippen LogP contribution in [0.4, 0.5) is 5.69 Å². The van der Waals surface area contributed by atoms with Gasteiger partial charge in [0.25, 0.3) is 0 Å². The van der Waals surface area contributed by atoms with Crippen molar-refractivity contribution >= 4 is 55.1 Å². The molecule has 2 bridgehead atoms. The van der Waals surface area contributed by atoms with Crippen molar-refractivity contribution in [3.8, 4) is 5.75 Å². The lowest BCUT2D eigenvalue weighted by Gasteiger charge is -2.55. The molecule has 0 spiro atoms. The SMILES string of the molecule is CCOc1ccc(C(C)=O)cc1N1C(=O)C2C(C1=O)C1(Br)c3ccccc3C2(Br)c2ccccc21. The molecule has 2 amide bonds. The van der Waals surface area contributed by atoms with Crippen LogP contribution in [-0.4, -0.2) is 24.2 Å². The molecule has 1 heterocycles. The van der Waals surface area contributed by atoms with Crippen LogP contribution in [-0.2, 0) is 18.2 Å². The predicted octanol–water partition coefficient (Wildman–Crippen LogP) is 5.70. The molecule has 176 valence electrons. The summed E-state index contributed by atoms with van der Waals surface area (Å²) in [7, 11) is 0. The molecule has 35 heavy (non-hydrogen) atoms. The molecule has 2 unspecified atom stereocenters. The summed E-state index contributed by atoms with van der Waals surface area (Å²) in [6.07, 6.45) is 0. The van der Waals surface area contributed by atoms with Gasteiger partial charge in [0, 0.05) is 5.56 Å². The third-order valence-electron chi connectivity index (χ3n) is 7.49. The second-order valence-corrected chi connectivity index (χ2v) is 11.7. The first kappa shape index (κ1) is 22.7. The Balaban J connectivity index is 1.62. The van der Waals surface area contributed by atoms with Crippen LogP contribution in [0.3, 0.4) is 0 Å². The van der Waals surface area contributed by atoms with Crippen LogP contribution in [0, 0.1) is 11.8 Å². The number of Topliss-reactive ketones (excluding diaryl/α,β-unsaturated/α-hetero) is 1. The molecule has 3 aliphatic carbocycles. The Morgan fingerprint density at radius 2 is 1.31 bits per heavy atom. The minimum atomic E-state index is -0.869. The van der Waals surface area contributed by atoms with E-state index >= 15 is 0 Å². The van der Waals surface area contributed by atoms with E-state index in [0.29, 0.717) is 23.6 Å². The van der Waals surface area contributed by atoms with Gasteiger partial charge in [-0.3, -0.25) is 14.4 Å². The zero-order valence-corrected chi connectivity index (χ0v) is 22.2. The molecule has 3 aromatic carbocycles. The summed E-state index contributed by atoms with van der Waals surface area (Å²) >= 11 is 8.02. The van der Waals surface area contributed by atoms with E-state index in [-0.39, 0.29) is 17.6 Å². The van der Waals surface area contributed by atoms with Gasteiger partial charge in [-0.2, -0.15) is 0 Å². The number of anilines is 1. The molecule has 0 N–H and O–H groups in total. The van der Waals surface area contributed by atoms with Gasteiger partial charge >= 0.3 is 0 Å². The predicted molar refractivity (Wildman–Crippen MR) is 139 cm³/mol. The van der Waals surface area contributed by atoms with Crippen molar-refractivity contribution in [2.75, 3.05) is 11.5 Å². The number of alkyl halides is 2. The lowest BCUT2D eigenvalue weighted by Crippen LogP contribution is -2.56. The third kappa shape index (κ3) is 2.71. The zero-order chi connectivity index (χ0) is 24.7. The number of hydrogen-bond donors (Lipinski definition) is 0. The highest BCUT2D eigenvalue weighted by atomic mass is 79.9. The molecule has 3 aromatic rings. The number of imide groups is 1. The highest BCUT2D eigenvalue weighted by Gasteiger charge is 2.72. The molecule has 2 atom stereocenters. The molecule has 4 aliphatic rings. The van der Waals surface area contributed by atoms with E-state index in [1.807, 2.05) is 55.5 Å². The Bertz CT molecular complexity index is 1330. The van der Waals surface area contributed by atoms with Crippen molar-refractivity contribution in [1.29, 1.82) is 0 Å². The second-order valence-electron chi connectivity index (χ2n) is 9.15. The number of hydrogen-bond acceptors (Lipinski definition) is 4. The van der Waals surface area contributed by atoms with Crippen LogP contribution in [0.2, 0.25) is 0 Å². The Hall–Kier alpha value is -2.77. The van der Waals surface area contributed by atoms with Crippen molar-refractivity contribution in [3.05, 3.63) is 94.5 Å². The normalized spacial score (nSPS) is 27.9. The van der Waals surface area contributed by atoms with Gasteiger partial charge in [0.2, 0.25) is 11.8 Å². The van der Waals surface area contributed by atoms with Gasteiger partial charge in [-0.15, -0.1) is 0 Å². The average molecular weight is 595 g/mol. The van der Waals surface area contributed by atoms with Gasteiger partial charge in [-0.05, 0) is 54.3 Å². The van der Waals surface area contributed by atoms with Gasteiger partial charge in [-0.25, -0.2) is 4.90 Å². The molecule has 0 saturated carbocycles. The van der Waals surface area contributed by atoms with E-state index in [9.17, 15) is 14.4 Å². The number of halogens is 2. The van der Waals surface area contributed by atoms with E-state index in [2.05, 4.69) is 31.9 Å². The summed E-state index contributed by atoms with van der Waals surface area (Å²) in [6.45, 7) is 3.66. The van der Waals surface area contributed by atoms with E-state index in [1.54, 1.807) is 18.2 Å². The fourth-order valence-corrected chi connectivity index (χ4v) is 8.40. The molecular formula is C28H21Br2NO4. The number of ketones is 1. The van der Waals surface area contributed by atoms with Gasteiger partial charge in [0.1, 0.15) is 5.75 Å². The third-order valence-corrected chi connectivity index (χ3v) is 10.2. The number of amides is 2. The zero-order valence-electron chi connectivity index (χ0n) is 19.0. The van der Waals surface area contributed by atoms with Crippen molar-refractivity contribution in [3.63, 3.8) is 0 Å². The van der Waals surface area contributed by atoms with Gasteiger partial charge in [-0.1, -0.05) is 80.4 Å². The van der Waals surface area contributed by atoms with Crippen molar-refractivity contribution in [2.24, 2.45) is 11.8 Å². The standard InChI is InChI=1S/C28H21Br2NO4/c1-3-35-22-13-12-16(15(2)32)14-21(22)31-25(33)23-24(26(31)34)28(30)18-9-5-4-8-17(18)27(23,29)19-10-6-7-11-20(19)28/h4-14,23-24H,3H2,1-2H3. The lowest BCUT2D eigenvalue weighted by atomic mass is 9.54. The molecule has 1 fully saturated rings. The fourth-order valence-electron chi connectivity index (χ4n) is 6.09. The maximum atomic E-state index is 14.3. The maximum absolute atomic E-state index is 14.3. The van der Waals surface area contributed by atoms with Crippen LogP contribution in [0.1, 0.15) is 46.5 Å². The van der Waals surface area contributed by atoms with Crippen LogP contribution in [0.5, 0.6) is 5.75 Å². The van der Waals surface area contributed by atoms with Crippen molar-refractivity contribution in [2.45, 2.75) is 22.5 Å². The number of carbonyl (C=O) groups is 3. The second kappa shape index (κ2) is 7.61. The maximum Gasteiger partial charge on any atom is 0.240 e. The van der Waals surface area contributed by atoms with Crippen LogP contribution in [0.25, 0.3) is 0 Å². The summed E-state index contributed by atoms with van der Waals surface area (Å²) in [5.74, 6) is -1.76. The average Bonchev–Trinajstić information content (AvgIpc) is 3.14. The number of benzene rings is 3. The first-order valence-corrected chi connectivity index (χ1v) is 13.1. The highest BCUT2D eigenvalue weighted by Crippen LogP contribution is 2.71. The number of nitrogens with zero attached hydrogens (tertiary/aromatic N) is 1. The molecule has 0 aromatic heterocycles. The van der Waals surface area contributed by atoms with E-state index in [1.165, 1.54) is 11.8 Å². The molecule has 1 saturated heterocycles. The minimum Gasteiger partial charge on any atom is -0.492 e. The molecule has 0 radical (unpaired) electrons. The topological polar surface area (TPSA) is 63.7 Å². The van der Waals surface area contributed by atoms with E-state index in [0.717, 1.165) is 22.3 Å². The van der Waals surface area contributed by atoms with E-state index in [4.69, 9.17) is 4.74 Å². The van der Waals surface area contributed by atoms with Gasteiger partial charge in [0.15, 0.2) is 5.78 Å². The smallest absolute Gasteiger partial charge is 0.240 e. The lowest BCUT2D eigenvalue weighted by molar-refractivity contribution is -0.122. The van der Waals surface area contributed by atoms with Gasteiger partial charge in [0.05, 0.1) is 32.8 Å². The Labute approximate surface area is 219 Å². The fraction of sp³-hybridized carbons (Fsp3) is 0.250. The number of carbonyl (C=O) groups excluding carboxylic acids is 3. The minimum absolute atomic E-state index is 0.153.